The number of thiazole rings is 1. The number of rotatable bonds is 6. The van der Waals surface area contributed by atoms with Crippen LogP contribution in [-0.4, -0.2) is 37.7 Å². The highest BCUT2D eigenvalue weighted by Gasteiger charge is 2.23. The van der Waals surface area contributed by atoms with Gasteiger partial charge < -0.3 is 4.74 Å². The van der Waals surface area contributed by atoms with E-state index in [0.717, 1.165) is 11.0 Å². The minimum Gasteiger partial charge on any atom is -0.497 e. The minimum atomic E-state index is -3.45. The maximum Gasteiger partial charge on any atom is 0.260 e. The summed E-state index contributed by atoms with van der Waals surface area (Å²) in [5.41, 5.74) is 1.66. The molecule has 0 N–H and O–H groups in total. The van der Waals surface area contributed by atoms with Crippen LogP contribution in [0.1, 0.15) is 16.1 Å². The molecule has 0 fully saturated rings. The second-order valence-electron chi connectivity index (χ2n) is 6.84. The Morgan fingerprint density at radius 1 is 1.10 bits per heavy atom. The number of hydrogen-bond acceptors (Lipinski definition) is 7. The lowest BCUT2D eigenvalue weighted by atomic mass is 10.2. The Bertz CT molecular complexity index is 1350. The Morgan fingerprint density at radius 2 is 1.94 bits per heavy atom. The lowest BCUT2D eigenvalue weighted by molar-refractivity contribution is 0.0984. The average molecular weight is 454 g/mol. The van der Waals surface area contributed by atoms with E-state index < -0.39 is 9.84 Å². The number of ether oxygens (including phenoxy) is 1. The number of amides is 1. The zero-order valence-electron chi connectivity index (χ0n) is 16.8. The Morgan fingerprint density at radius 3 is 2.65 bits per heavy atom. The predicted molar refractivity (Wildman–Crippen MR) is 120 cm³/mol. The Kier molecular flexibility index (Phi) is 5.71. The van der Waals surface area contributed by atoms with Crippen LogP contribution in [0, 0.1) is 0 Å². The molecule has 158 valence electrons. The quantitative estimate of drug-likeness (QED) is 0.439. The van der Waals surface area contributed by atoms with E-state index in [9.17, 15) is 13.2 Å². The van der Waals surface area contributed by atoms with Gasteiger partial charge in [-0.25, -0.2) is 13.4 Å². The molecule has 4 rings (SSSR count). The summed E-state index contributed by atoms with van der Waals surface area (Å²) in [6.07, 6.45) is 2.77. The smallest absolute Gasteiger partial charge is 0.260 e. The molecule has 4 aromatic rings. The molecule has 0 aliphatic rings. The van der Waals surface area contributed by atoms with Crippen LogP contribution in [0.3, 0.4) is 0 Å². The van der Waals surface area contributed by atoms with Crippen LogP contribution in [0.15, 0.2) is 71.8 Å². The van der Waals surface area contributed by atoms with Crippen molar-refractivity contribution in [1.82, 2.24) is 9.97 Å². The summed E-state index contributed by atoms with van der Waals surface area (Å²) in [4.78, 5) is 24.0. The van der Waals surface area contributed by atoms with Crippen LogP contribution >= 0.6 is 11.3 Å². The van der Waals surface area contributed by atoms with E-state index in [0.29, 0.717) is 22.1 Å². The molecule has 9 heteroatoms. The van der Waals surface area contributed by atoms with Crippen molar-refractivity contribution in [2.45, 2.75) is 11.4 Å². The molecule has 2 aromatic heterocycles. The lowest BCUT2D eigenvalue weighted by Gasteiger charge is -2.20. The minimum absolute atomic E-state index is 0.0881. The number of anilines is 1. The van der Waals surface area contributed by atoms with E-state index in [1.54, 1.807) is 31.5 Å². The van der Waals surface area contributed by atoms with E-state index in [1.165, 1.54) is 28.4 Å². The van der Waals surface area contributed by atoms with Crippen molar-refractivity contribution in [1.29, 1.82) is 0 Å². The number of aromatic nitrogens is 2. The van der Waals surface area contributed by atoms with Crippen LogP contribution in [0.4, 0.5) is 5.13 Å². The summed E-state index contributed by atoms with van der Waals surface area (Å²) in [5, 5.41) is 0.490. The molecule has 0 spiro atoms. The molecule has 0 saturated carbocycles. The van der Waals surface area contributed by atoms with Gasteiger partial charge in [0.25, 0.3) is 5.91 Å². The number of pyridine rings is 1. The molecule has 0 unspecified atom stereocenters. The summed E-state index contributed by atoms with van der Waals surface area (Å²) >= 11 is 1.37. The largest absolute Gasteiger partial charge is 0.497 e. The van der Waals surface area contributed by atoms with Gasteiger partial charge in [-0.15, -0.1) is 0 Å². The van der Waals surface area contributed by atoms with E-state index >= 15 is 0 Å². The molecule has 0 radical (unpaired) electrons. The number of fused-ring (bicyclic) bond motifs is 1. The van der Waals surface area contributed by atoms with E-state index in [4.69, 9.17) is 4.74 Å². The van der Waals surface area contributed by atoms with Gasteiger partial charge in [-0.2, -0.15) is 0 Å². The fourth-order valence-corrected chi connectivity index (χ4v) is 4.64. The van der Waals surface area contributed by atoms with Crippen molar-refractivity contribution in [3.8, 4) is 5.75 Å². The van der Waals surface area contributed by atoms with Crippen LogP contribution in [0.2, 0.25) is 0 Å². The predicted octanol–water partition coefficient (Wildman–Crippen LogP) is 3.95. The molecular formula is C22H19N3O4S2. The number of benzene rings is 2. The van der Waals surface area contributed by atoms with Gasteiger partial charge in [0, 0.05) is 24.1 Å². The number of sulfone groups is 1. The third-order valence-electron chi connectivity index (χ3n) is 4.61. The molecule has 2 aromatic carbocycles. The highest BCUT2D eigenvalue weighted by molar-refractivity contribution is 7.90. The fourth-order valence-electron chi connectivity index (χ4n) is 3.03. The van der Waals surface area contributed by atoms with Gasteiger partial charge in [0.2, 0.25) is 0 Å². The van der Waals surface area contributed by atoms with Gasteiger partial charge >= 0.3 is 0 Å². The van der Waals surface area contributed by atoms with Gasteiger partial charge in [0.1, 0.15) is 5.75 Å². The van der Waals surface area contributed by atoms with Crippen LogP contribution in [-0.2, 0) is 16.4 Å². The molecule has 0 aliphatic heterocycles. The second kappa shape index (κ2) is 8.44. The normalized spacial score (nSPS) is 11.4. The molecule has 7 nitrogen and oxygen atoms in total. The number of nitrogens with zero attached hydrogens (tertiary/aromatic N) is 3. The Balaban J connectivity index is 1.79. The highest BCUT2D eigenvalue weighted by atomic mass is 32.2. The number of methoxy groups -OCH3 is 1. The van der Waals surface area contributed by atoms with Crippen LogP contribution in [0.25, 0.3) is 10.2 Å². The Labute approximate surface area is 183 Å². The Hall–Kier alpha value is -3.30. The molecule has 0 aliphatic carbocycles. The van der Waals surface area contributed by atoms with Crippen LogP contribution in [0.5, 0.6) is 5.75 Å². The van der Waals surface area contributed by atoms with E-state index in [-0.39, 0.29) is 22.9 Å². The third kappa shape index (κ3) is 4.57. The van der Waals surface area contributed by atoms with E-state index in [1.807, 2.05) is 30.3 Å². The number of carbonyl (C=O) groups is 1. The molecule has 1 amide bonds. The fraction of sp³-hybridized carbons (Fsp3) is 0.136. The standard InChI is InChI=1S/C22H19N3O4S2/c1-29-17-9-10-20-19(13-17)24-22(30-20)25(14-16-7-3-4-11-23-16)21(26)15-6-5-8-18(12-15)31(2,27)28/h3-13H,14H2,1-2H3. The first-order valence-corrected chi connectivity index (χ1v) is 12.0. The number of hydrogen-bond donors (Lipinski definition) is 0. The van der Waals surface area contributed by atoms with Crippen molar-refractivity contribution in [2.75, 3.05) is 18.3 Å². The summed E-state index contributed by atoms with van der Waals surface area (Å²) in [6, 6.07) is 17.0. The number of carbonyl (C=O) groups excluding carboxylic acids is 1. The molecular weight excluding hydrogens is 434 g/mol. The van der Waals surface area contributed by atoms with Gasteiger partial charge in [-0.3, -0.25) is 14.7 Å². The third-order valence-corrected chi connectivity index (χ3v) is 6.78. The second-order valence-corrected chi connectivity index (χ2v) is 9.87. The summed E-state index contributed by atoms with van der Waals surface area (Å²) < 4.78 is 30.1. The monoisotopic (exact) mass is 453 g/mol. The van der Waals surface area contributed by atoms with Crippen molar-refractivity contribution in [3.63, 3.8) is 0 Å². The molecule has 0 atom stereocenters. The average Bonchev–Trinajstić information content (AvgIpc) is 3.20. The van der Waals surface area contributed by atoms with Crippen molar-refractivity contribution >= 4 is 42.4 Å². The summed E-state index contributed by atoms with van der Waals surface area (Å²) in [6.45, 7) is 0.194. The maximum absolute atomic E-state index is 13.5. The molecule has 2 heterocycles. The van der Waals surface area contributed by atoms with Crippen molar-refractivity contribution < 1.29 is 17.9 Å². The highest BCUT2D eigenvalue weighted by Crippen LogP contribution is 2.32. The molecule has 0 saturated heterocycles. The van der Waals surface area contributed by atoms with Gasteiger partial charge in [0.05, 0.1) is 34.5 Å². The van der Waals surface area contributed by atoms with Gasteiger partial charge in [-0.1, -0.05) is 23.5 Å². The first-order valence-electron chi connectivity index (χ1n) is 9.31. The summed E-state index contributed by atoms with van der Waals surface area (Å²) in [5.74, 6) is 0.315. The zero-order chi connectivity index (χ0) is 22.0. The summed E-state index contributed by atoms with van der Waals surface area (Å²) in [7, 11) is -1.86. The van der Waals surface area contributed by atoms with Gasteiger partial charge in [0.15, 0.2) is 15.0 Å². The van der Waals surface area contributed by atoms with Gasteiger partial charge in [-0.05, 0) is 42.5 Å². The first-order chi connectivity index (χ1) is 14.8. The maximum atomic E-state index is 13.5. The first kappa shape index (κ1) is 21.0. The SMILES string of the molecule is COc1ccc2sc(N(Cc3ccccn3)C(=O)c3cccc(S(C)(=O)=O)c3)nc2c1. The van der Waals surface area contributed by atoms with Crippen molar-refractivity contribution in [2.24, 2.45) is 0 Å². The zero-order valence-corrected chi connectivity index (χ0v) is 18.5. The molecule has 0 bridgehead atoms. The lowest BCUT2D eigenvalue weighted by Crippen LogP contribution is -2.30. The van der Waals surface area contributed by atoms with Crippen molar-refractivity contribution in [3.05, 3.63) is 78.1 Å². The molecule has 31 heavy (non-hydrogen) atoms. The van der Waals surface area contributed by atoms with E-state index in [2.05, 4.69) is 9.97 Å². The topological polar surface area (TPSA) is 89.5 Å². The van der Waals surface area contributed by atoms with Crippen LogP contribution < -0.4 is 9.64 Å².